The molecule has 0 bridgehead atoms. The molecule has 2 heterocycles. The first-order chi connectivity index (χ1) is 7.86. The summed E-state index contributed by atoms with van der Waals surface area (Å²) < 4.78 is 0. The summed E-state index contributed by atoms with van der Waals surface area (Å²) in [5.74, 6) is 0. The second-order valence-electron chi connectivity index (χ2n) is 3.92. The van der Waals surface area contributed by atoms with Gasteiger partial charge in [-0.3, -0.25) is 0 Å². The first-order valence-electron chi connectivity index (χ1n) is 5.34. The molecule has 1 N–H and O–H groups in total. The molecule has 0 unspecified atom stereocenters. The molecule has 0 amide bonds. The van der Waals surface area contributed by atoms with Crippen molar-refractivity contribution in [1.82, 2.24) is 9.97 Å². The fraction of sp³-hybridized carbons (Fsp3) is 0.0714. The summed E-state index contributed by atoms with van der Waals surface area (Å²) in [5, 5.41) is 1.18. The first kappa shape index (κ1) is 9.16. The van der Waals surface area contributed by atoms with Crippen molar-refractivity contribution in [3.63, 3.8) is 0 Å². The van der Waals surface area contributed by atoms with Crippen LogP contribution < -0.4 is 0 Å². The summed E-state index contributed by atoms with van der Waals surface area (Å²) in [5.41, 5.74) is 4.72. The summed E-state index contributed by atoms with van der Waals surface area (Å²) in [6.45, 7) is 2.13. The zero-order chi connectivity index (χ0) is 11.0. The zero-order valence-corrected chi connectivity index (χ0v) is 9.07. The lowest BCUT2D eigenvalue weighted by Gasteiger charge is -2.03. The Morgan fingerprint density at radius 2 is 1.88 bits per heavy atom. The van der Waals surface area contributed by atoms with Gasteiger partial charge in [-0.15, -0.1) is 0 Å². The van der Waals surface area contributed by atoms with Gasteiger partial charge in [-0.1, -0.05) is 24.3 Å². The zero-order valence-electron chi connectivity index (χ0n) is 9.07. The second-order valence-corrected chi connectivity index (χ2v) is 3.92. The van der Waals surface area contributed by atoms with Crippen molar-refractivity contribution in [2.75, 3.05) is 0 Å². The van der Waals surface area contributed by atoms with Crippen LogP contribution in [-0.2, 0) is 0 Å². The average Bonchev–Trinajstić information content (AvgIpc) is 2.74. The van der Waals surface area contributed by atoms with E-state index < -0.39 is 0 Å². The minimum atomic E-state index is 0.945. The van der Waals surface area contributed by atoms with Crippen LogP contribution in [-0.4, -0.2) is 9.97 Å². The van der Waals surface area contributed by atoms with Crippen molar-refractivity contribution < 1.29 is 0 Å². The lowest BCUT2D eigenvalue weighted by atomic mass is 10.0. The van der Waals surface area contributed by atoms with Gasteiger partial charge in [0.15, 0.2) is 0 Å². The van der Waals surface area contributed by atoms with Crippen LogP contribution in [0.2, 0.25) is 0 Å². The molecule has 2 aromatic heterocycles. The Morgan fingerprint density at radius 1 is 1.00 bits per heavy atom. The highest BCUT2D eigenvalue weighted by atomic mass is 14.8. The highest BCUT2D eigenvalue weighted by molar-refractivity contribution is 5.94. The number of H-pyrrole nitrogens is 1. The predicted molar refractivity (Wildman–Crippen MR) is 66.3 cm³/mol. The number of hydrogen-bond donors (Lipinski definition) is 1. The van der Waals surface area contributed by atoms with E-state index in [1.165, 1.54) is 22.1 Å². The van der Waals surface area contributed by atoms with E-state index in [0.717, 1.165) is 5.65 Å². The molecule has 3 aromatic rings. The summed E-state index contributed by atoms with van der Waals surface area (Å²) in [4.78, 5) is 7.50. The number of benzene rings is 1. The van der Waals surface area contributed by atoms with E-state index in [-0.39, 0.29) is 0 Å². The maximum absolute atomic E-state index is 4.30. The number of fused-ring (bicyclic) bond motifs is 1. The maximum Gasteiger partial charge on any atom is 0.137 e. The number of nitrogens with one attached hydrogen (secondary N) is 1. The van der Waals surface area contributed by atoms with Gasteiger partial charge in [-0.05, 0) is 30.2 Å². The molecular formula is C14H12N2. The molecule has 0 radical (unpaired) electrons. The van der Waals surface area contributed by atoms with Crippen molar-refractivity contribution in [3.8, 4) is 11.1 Å². The maximum atomic E-state index is 4.30. The summed E-state index contributed by atoms with van der Waals surface area (Å²) in [7, 11) is 0. The molecule has 0 aliphatic rings. The van der Waals surface area contributed by atoms with E-state index in [9.17, 15) is 0 Å². The summed E-state index contributed by atoms with van der Waals surface area (Å²) in [6.07, 6.45) is 3.83. The summed E-state index contributed by atoms with van der Waals surface area (Å²) >= 11 is 0. The standard InChI is InChI=1S/C14H12N2/c1-10-5-2-3-6-11(10)13-9-16-14-12(13)7-4-8-15-14/h2-9H,1H3,(H,15,16). The number of hydrogen-bond acceptors (Lipinski definition) is 1. The van der Waals surface area contributed by atoms with Crippen molar-refractivity contribution >= 4 is 11.0 Å². The smallest absolute Gasteiger partial charge is 0.137 e. The molecular weight excluding hydrogens is 196 g/mol. The molecule has 0 aliphatic heterocycles. The minimum Gasteiger partial charge on any atom is -0.346 e. The van der Waals surface area contributed by atoms with Crippen molar-refractivity contribution in [2.45, 2.75) is 6.92 Å². The third-order valence-electron chi connectivity index (χ3n) is 2.89. The summed E-state index contributed by atoms with van der Waals surface area (Å²) in [6, 6.07) is 12.5. The lowest BCUT2D eigenvalue weighted by Crippen LogP contribution is -1.80. The van der Waals surface area contributed by atoms with E-state index in [1.54, 1.807) is 6.20 Å². The first-order valence-corrected chi connectivity index (χ1v) is 5.34. The molecule has 0 atom stereocenters. The number of rotatable bonds is 1. The Bertz CT molecular complexity index is 638. The fourth-order valence-electron chi connectivity index (χ4n) is 2.05. The highest BCUT2D eigenvalue weighted by Crippen LogP contribution is 2.29. The van der Waals surface area contributed by atoms with Crippen LogP contribution in [0.4, 0.5) is 0 Å². The van der Waals surface area contributed by atoms with Crippen molar-refractivity contribution in [3.05, 3.63) is 54.4 Å². The minimum absolute atomic E-state index is 0.945. The normalized spacial score (nSPS) is 10.8. The molecule has 16 heavy (non-hydrogen) atoms. The Hall–Kier alpha value is -2.09. The third kappa shape index (κ3) is 1.31. The van der Waals surface area contributed by atoms with Gasteiger partial charge in [0.05, 0.1) is 0 Å². The third-order valence-corrected chi connectivity index (χ3v) is 2.89. The lowest BCUT2D eigenvalue weighted by molar-refractivity contribution is 1.33. The van der Waals surface area contributed by atoms with E-state index in [4.69, 9.17) is 0 Å². The van der Waals surface area contributed by atoms with Gasteiger partial charge in [0.1, 0.15) is 5.65 Å². The van der Waals surface area contributed by atoms with Crippen LogP contribution in [0.25, 0.3) is 22.2 Å². The van der Waals surface area contributed by atoms with Crippen LogP contribution in [0.3, 0.4) is 0 Å². The van der Waals surface area contributed by atoms with Gasteiger partial charge in [0, 0.05) is 23.3 Å². The molecule has 78 valence electrons. The van der Waals surface area contributed by atoms with Crippen LogP contribution in [0.1, 0.15) is 5.56 Å². The van der Waals surface area contributed by atoms with Crippen molar-refractivity contribution in [2.24, 2.45) is 0 Å². The fourth-order valence-corrected chi connectivity index (χ4v) is 2.05. The molecule has 3 rings (SSSR count). The molecule has 0 spiro atoms. The SMILES string of the molecule is Cc1ccccc1-c1c[nH]c2ncccc12. The Balaban J connectivity index is 2.31. The van der Waals surface area contributed by atoms with Crippen LogP contribution in [0.15, 0.2) is 48.8 Å². The van der Waals surface area contributed by atoms with Gasteiger partial charge in [0.25, 0.3) is 0 Å². The van der Waals surface area contributed by atoms with E-state index in [2.05, 4.69) is 47.2 Å². The topological polar surface area (TPSA) is 28.7 Å². The Labute approximate surface area is 94.0 Å². The van der Waals surface area contributed by atoms with E-state index in [0.29, 0.717) is 0 Å². The predicted octanol–water partition coefficient (Wildman–Crippen LogP) is 3.54. The van der Waals surface area contributed by atoms with Gasteiger partial charge < -0.3 is 4.98 Å². The molecule has 2 nitrogen and oxygen atoms in total. The van der Waals surface area contributed by atoms with Gasteiger partial charge in [-0.25, -0.2) is 4.98 Å². The highest BCUT2D eigenvalue weighted by Gasteiger charge is 2.07. The number of aryl methyl sites for hydroxylation is 1. The molecule has 0 aliphatic carbocycles. The molecule has 0 saturated carbocycles. The van der Waals surface area contributed by atoms with Crippen LogP contribution in [0.5, 0.6) is 0 Å². The Kier molecular flexibility index (Phi) is 2.00. The van der Waals surface area contributed by atoms with Crippen LogP contribution >= 0.6 is 0 Å². The molecule has 1 aromatic carbocycles. The molecule has 0 fully saturated rings. The van der Waals surface area contributed by atoms with E-state index in [1.807, 2.05) is 12.3 Å². The van der Waals surface area contributed by atoms with Crippen molar-refractivity contribution in [1.29, 1.82) is 0 Å². The number of aromatic nitrogens is 2. The monoisotopic (exact) mass is 208 g/mol. The van der Waals surface area contributed by atoms with Crippen LogP contribution in [0, 0.1) is 6.92 Å². The quantitative estimate of drug-likeness (QED) is 0.651. The van der Waals surface area contributed by atoms with Gasteiger partial charge in [0.2, 0.25) is 0 Å². The molecule has 0 saturated heterocycles. The Morgan fingerprint density at radius 3 is 2.75 bits per heavy atom. The van der Waals surface area contributed by atoms with E-state index >= 15 is 0 Å². The number of pyridine rings is 1. The number of nitrogens with zero attached hydrogens (tertiary/aromatic N) is 1. The van der Waals surface area contributed by atoms with Gasteiger partial charge >= 0.3 is 0 Å². The molecule has 2 heteroatoms. The second kappa shape index (κ2) is 3.49. The van der Waals surface area contributed by atoms with Gasteiger partial charge in [-0.2, -0.15) is 0 Å². The number of aromatic amines is 1. The average molecular weight is 208 g/mol. The largest absolute Gasteiger partial charge is 0.346 e.